The standard InChI is InChI=1S/C23H21ClFN3O3S/c1-14(28-22(29)16-8-9-26-21(25)10-16)2-6-18-12-27-23(32-18)31-20-7-5-17(11-19(20)24)30-13-15-3-4-15/h2,5-12,14-15H,3-4,13H2,1H3,(H,28,29)/t14-/m0/s1. The molecule has 1 aliphatic carbocycles. The molecule has 2 aromatic heterocycles. The Labute approximate surface area is 194 Å². The quantitative estimate of drug-likeness (QED) is 0.401. The summed E-state index contributed by atoms with van der Waals surface area (Å²) in [6.45, 7) is 2.54. The highest BCUT2D eigenvalue weighted by Crippen LogP contribution is 2.35. The SMILES string of the molecule is C[C@@H](C=Cc1cnc(Oc2ccc(OCC3CC3)cc2Cl)s1)NC(=O)c1ccnc(F)c1. The van der Waals surface area contributed by atoms with E-state index in [0.717, 1.165) is 23.3 Å². The molecule has 1 fully saturated rings. The summed E-state index contributed by atoms with van der Waals surface area (Å²) in [4.78, 5) is 20.7. The van der Waals surface area contributed by atoms with E-state index in [1.807, 2.05) is 25.1 Å². The molecule has 1 aromatic carbocycles. The first kappa shape index (κ1) is 22.2. The van der Waals surface area contributed by atoms with Crippen LogP contribution in [0.5, 0.6) is 16.7 Å². The van der Waals surface area contributed by atoms with Gasteiger partial charge in [0, 0.05) is 36.1 Å². The van der Waals surface area contributed by atoms with Gasteiger partial charge < -0.3 is 14.8 Å². The molecule has 1 saturated carbocycles. The fourth-order valence-electron chi connectivity index (χ4n) is 2.76. The van der Waals surface area contributed by atoms with Gasteiger partial charge in [-0.25, -0.2) is 9.97 Å². The fourth-order valence-corrected chi connectivity index (χ4v) is 3.66. The first-order valence-corrected chi connectivity index (χ1v) is 11.3. The molecule has 9 heteroatoms. The zero-order chi connectivity index (χ0) is 22.5. The maximum absolute atomic E-state index is 13.2. The van der Waals surface area contributed by atoms with Crippen LogP contribution in [-0.2, 0) is 0 Å². The van der Waals surface area contributed by atoms with Gasteiger partial charge in [0.2, 0.25) is 5.95 Å². The minimum Gasteiger partial charge on any atom is -0.493 e. The fraction of sp³-hybridized carbons (Fsp3) is 0.261. The summed E-state index contributed by atoms with van der Waals surface area (Å²) in [6, 6.07) is 7.61. The number of halogens is 2. The Balaban J connectivity index is 1.31. The van der Waals surface area contributed by atoms with Gasteiger partial charge in [-0.05, 0) is 50.0 Å². The van der Waals surface area contributed by atoms with E-state index in [2.05, 4.69) is 15.3 Å². The number of carbonyl (C=O) groups excluding carboxylic acids is 1. The number of benzene rings is 1. The van der Waals surface area contributed by atoms with Gasteiger partial charge in [0.05, 0.1) is 16.5 Å². The lowest BCUT2D eigenvalue weighted by molar-refractivity contribution is 0.0946. The average molecular weight is 474 g/mol. The summed E-state index contributed by atoms with van der Waals surface area (Å²) in [5.74, 6) is 0.818. The molecule has 0 saturated heterocycles. The molecule has 3 aromatic rings. The number of nitrogens with zero attached hydrogens (tertiary/aromatic N) is 2. The van der Waals surface area contributed by atoms with Crippen LogP contribution in [0.3, 0.4) is 0 Å². The highest BCUT2D eigenvalue weighted by Gasteiger charge is 2.22. The number of carbonyl (C=O) groups is 1. The first-order chi connectivity index (χ1) is 15.5. The van der Waals surface area contributed by atoms with Crippen molar-refractivity contribution < 1.29 is 18.7 Å². The van der Waals surface area contributed by atoms with E-state index in [-0.39, 0.29) is 17.5 Å². The van der Waals surface area contributed by atoms with Crippen molar-refractivity contribution >= 4 is 34.9 Å². The molecule has 166 valence electrons. The molecule has 1 N–H and O–H groups in total. The number of ether oxygens (including phenoxy) is 2. The number of thiazole rings is 1. The third-order valence-electron chi connectivity index (χ3n) is 4.68. The maximum atomic E-state index is 13.2. The van der Waals surface area contributed by atoms with Crippen LogP contribution in [0.15, 0.2) is 48.8 Å². The minimum absolute atomic E-state index is 0.215. The van der Waals surface area contributed by atoms with Gasteiger partial charge in [-0.2, -0.15) is 4.39 Å². The molecule has 0 radical (unpaired) electrons. The van der Waals surface area contributed by atoms with Crippen LogP contribution in [-0.4, -0.2) is 28.5 Å². The van der Waals surface area contributed by atoms with Crippen molar-refractivity contribution in [1.29, 1.82) is 0 Å². The van der Waals surface area contributed by atoms with Gasteiger partial charge in [-0.1, -0.05) is 29.0 Å². The smallest absolute Gasteiger partial charge is 0.279 e. The Morgan fingerprint density at radius 2 is 2.19 bits per heavy atom. The molecule has 0 aliphatic heterocycles. The third-order valence-corrected chi connectivity index (χ3v) is 5.82. The molecular formula is C23H21ClFN3O3S. The molecule has 2 heterocycles. The molecule has 1 amide bonds. The van der Waals surface area contributed by atoms with Gasteiger partial charge in [-0.15, -0.1) is 0 Å². The van der Waals surface area contributed by atoms with Gasteiger partial charge in [-0.3, -0.25) is 4.79 Å². The normalized spacial score (nSPS) is 14.3. The Kier molecular flexibility index (Phi) is 7.02. The minimum atomic E-state index is -0.696. The lowest BCUT2D eigenvalue weighted by Crippen LogP contribution is -2.31. The predicted octanol–water partition coefficient (Wildman–Crippen LogP) is 5.74. The monoisotopic (exact) mass is 473 g/mol. The molecule has 4 rings (SSSR count). The molecule has 1 aliphatic rings. The Hall–Kier alpha value is -2.97. The van der Waals surface area contributed by atoms with Crippen molar-refractivity contribution in [2.45, 2.75) is 25.8 Å². The average Bonchev–Trinajstić information content (AvgIpc) is 3.50. The number of aromatic nitrogens is 2. The summed E-state index contributed by atoms with van der Waals surface area (Å²) < 4.78 is 24.7. The van der Waals surface area contributed by atoms with Crippen LogP contribution >= 0.6 is 22.9 Å². The second-order valence-corrected chi connectivity index (χ2v) is 8.90. The molecule has 32 heavy (non-hydrogen) atoms. The Bertz CT molecular complexity index is 1130. The summed E-state index contributed by atoms with van der Waals surface area (Å²) >= 11 is 7.66. The van der Waals surface area contributed by atoms with E-state index >= 15 is 0 Å². The Morgan fingerprint density at radius 3 is 2.94 bits per heavy atom. The van der Waals surface area contributed by atoms with Crippen molar-refractivity contribution in [3.05, 3.63) is 70.2 Å². The predicted molar refractivity (Wildman–Crippen MR) is 122 cm³/mol. The number of hydrogen-bond acceptors (Lipinski definition) is 6. The second-order valence-electron chi connectivity index (χ2n) is 7.47. The lowest BCUT2D eigenvalue weighted by Gasteiger charge is -2.09. The lowest BCUT2D eigenvalue weighted by atomic mass is 10.2. The second kappa shape index (κ2) is 10.1. The van der Waals surface area contributed by atoms with Crippen LogP contribution < -0.4 is 14.8 Å². The highest BCUT2D eigenvalue weighted by atomic mass is 35.5. The molecular weight excluding hydrogens is 453 g/mol. The molecule has 0 spiro atoms. The van der Waals surface area contributed by atoms with Gasteiger partial charge in [0.1, 0.15) is 11.5 Å². The number of nitrogens with one attached hydrogen (secondary N) is 1. The van der Waals surface area contributed by atoms with E-state index < -0.39 is 5.95 Å². The zero-order valence-corrected chi connectivity index (χ0v) is 18.8. The third kappa shape index (κ3) is 6.27. The van der Waals surface area contributed by atoms with Crippen molar-refractivity contribution in [3.8, 4) is 16.7 Å². The van der Waals surface area contributed by atoms with Crippen LogP contribution in [0, 0.1) is 11.9 Å². The Morgan fingerprint density at radius 1 is 1.34 bits per heavy atom. The van der Waals surface area contributed by atoms with Crippen LogP contribution in [0.25, 0.3) is 6.08 Å². The summed E-state index contributed by atoms with van der Waals surface area (Å²) in [7, 11) is 0. The van der Waals surface area contributed by atoms with Crippen molar-refractivity contribution in [3.63, 3.8) is 0 Å². The number of amides is 1. The van der Waals surface area contributed by atoms with Crippen LogP contribution in [0.4, 0.5) is 4.39 Å². The van der Waals surface area contributed by atoms with E-state index in [1.165, 1.54) is 36.4 Å². The molecule has 1 atom stereocenters. The highest BCUT2D eigenvalue weighted by molar-refractivity contribution is 7.14. The molecule has 0 bridgehead atoms. The van der Waals surface area contributed by atoms with E-state index in [1.54, 1.807) is 18.3 Å². The van der Waals surface area contributed by atoms with E-state index in [4.69, 9.17) is 21.1 Å². The largest absolute Gasteiger partial charge is 0.493 e. The zero-order valence-electron chi connectivity index (χ0n) is 17.3. The van der Waals surface area contributed by atoms with Gasteiger partial charge in [0.15, 0.2) is 0 Å². The maximum Gasteiger partial charge on any atom is 0.279 e. The number of pyridine rings is 1. The van der Waals surface area contributed by atoms with Gasteiger partial charge in [0.25, 0.3) is 11.1 Å². The topological polar surface area (TPSA) is 73.3 Å². The van der Waals surface area contributed by atoms with Crippen molar-refractivity contribution in [2.75, 3.05) is 6.61 Å². The van der Waals surface area contributed by atoms with Crippen LogP contribution in [0.1, 0.15) is 35.0 Å². The van der Waals surface area contributed by atoms with Crippen LogP contribution in [0.2, 0.25) is 5.02 Å². The van der Waals surface area contributed by atoms with Crippen molar-refractivity contribution in [2.24, 2.45) is 5.92 Å². The number of hydrogen-bond donors (Lipinski definition) is 1. The van der Waals surface area contributed by atoms with Crippen molar-refractivity contribution in [1.82, 2.24) is 15.3 Å². The van der Waals surface area contributed by atoms with E-state index in [9.17, 15) is 9.18 Å². The first-order valence-electron chi connectivity index (χ1n) is 10.1. The molecule has 0 unspecified atom stereocenters. The summed E-state index contributed by atoms with van der Waals surface area (Å²) in [6.07, 6.45) is 9.02. The molecule has 6 nitrogen and oxygen atoms in total. The van der Waals surface area contributed by atoms with Gasteiger partial charge >= 0.3 is 0 Å². The van der Waals surface area contributed by atoms with E-state index in [0.29, 0.717) is 21.9 Å². The number of rotatable bonds is 9. The summed E-state index contributed by atoms with van der Waals surface area (Å²) in [5, 5.41) is 3.68. The summed E-state index contributed by atoms with van der Waals surface area (Å²) in [5.41, 5.74) is 0.215.